The fraction of sp³-hybridized carbons (Fsp3) is 0.286. The fourth-order valence-electron chi connectivity index (χ4n) is 1.84. The van der Waals surface area contributed by atoms with Crippen molar-refractivity contribution in [3.8, 4) is 0 Å². The van der Waals surface area contributed by atoms with Gasteiger partial charge < -0.3 is 0 Å². The summed E-state index contributed by atoms with van der Waals surface area (Å²) >= 11 is 6.34. The van der Waals surface area contributed by atoms with Crippen molar-refractivity contribution in [2.24, 2.45) is 0 Å². The molecular weight excluding hydrogens is 232 g/mol. The lowest BCUT2D eigenvalue weighted by molar-refractivity contribution is 1.11. The van der Waals surface area contributed by atoms with Crippen LogP contribution in [0.3, 0.4) is 0 Å². The number of aryl methyl sites for hydroxylation is 1. The molecule has 0 N–H and O–H groups in total. The molecule has 2 aromatic carbocycles. The molecule has 0 fully saturated rings. The molecule has 0 aliphatic carbocycles. The summed E-state index contributed by atoms with van der Waals surface area (Å²) in [5, 5.41) is 2.64. The first-order valence-electron chi connectivity index (χ1n) is 5.71. The molecule has 2 rings (SSSR count). The third kappa shape index (κ3) is 3.10. The van der Waals surface area contributed by atoms with Crippen LogP contribution in [0.5, 0.6) is 0 Å². The van der Waals surface area contributed by atoms with Crippen molar-refractivity contribution in [3.05, 3.63) is 48.0 Å². The topological polar surface area (TPSA) is 0 Å². The number of fused-ring (bicyclic) bond motifs is 1. The molecule has 2 heteroatoms. The van der Waals surface area contributed by atoms with E-state index in [0.29, 0.717) is 0 Å². The average molecular weight is 249 g/mol. The summed E-state index contributed by atoms with van der Waals surface area (Å²) in [6.07, 6.45) is 1.10. The monoisotopic (exact) mass is 248 g/mol. The van der Waals surface area contributed by atoms with Crippen LogP contribution >= 0.6 is 11.1 Å². The van der Waals surface area contributed by atoms with Gasteiger partial charge in [0, 0.05) is 0 Å². The van der Waals surface area contributed by atoms with Gasteiger partial charge in [-0.3, -0.25) is 0 Å². The molecule has 0 unspecified atom stereocenters. The summed E-state index contributed by atoms with van der Waals surface area (Å²) in [6.45, 7) is 4.41. The molecule has 2 aromatic rings. The third-order valence-corrected chi connectivity index (χ3v) is 4.83. The molecular formula is C14H17ClSi. The molecule has 0 nitrogen and oxygen atoms in total. The predicted molar refractivity (Wildman–Crippen MR) is 75.8 cm³/mol. The second-order valence-corrected chi connectivity index (χ2v) is 11.9. The van der Waals surface area contributed by atoms with Gasteiger partial charge in [0.05, 0.1) is 0 Å². The summed E-state index contributed by atoms with van der Waals surface area (Å²) in [6, 6.07) is 16.3. The second-order valence-electron chi connectivity index (χ2n) is 4.90. The van der Waals surface area contributed by atoms with Crippen molar-refractivity contribution < 1.29 is 0 Å². The van der Waals surface area contributed by atoms with Crippen molar-refractivity contribution in [3.63, 3.8) is 0 Å². The Balaban J connectivity index is 2.20. The van der Waals surface area contributed by atoms with Gasteiger partial charge in [0.15, 0.2) is 7.38 Å². The Hall–Kier alpha value is -0.793. The van der Waals surface area contributed by atoms with E-state index in [1.165, 1.54) is 16.3 Å². The van der Waals surface area contributed by atoms with E-state index in [-0.39, 0.29) is 0 Å². The SMILES string of the molecule is C[Si](C)(Cl)CCc1ccc2ccccc2c1. The first kappa shape index (κ1) is 11.7. The molecule has 0 amide bonds. The maximum Gasteiger partial charge on any atom is 0.150 e. The highest BCUT2D eigenvalue weighted by molar-refractivity contribution is 7.19. The minimum absolute atomic E-state index is 1.10. The van der Waals surface area contributed by atoms with Crippen LogP contribution in [0.4, 0.5) is 0 Å². The average Bonchev–Trinajstić information content (AvgIpc) is 2.25. The Bertz CT molecular complexity index is 485. The first-order chi connectivity index (χ1) is 7.54. The maximum atomic E-state index is 6.34. The smallest absolute Gasteiger partial charge is 0.150 e. The van der Waals surface area contributed by atoms with E-state index >= 15 is 0 Å². The number of hydrogen-bond donors (Lipinski definition) is 0. The van der Waals surface area contributed by atoms with Crippen LogP contribution in [0.2, 0.25) is 19.1 Å². The summed E-state index contributed by atoms with van der Waals surface area (Å²) < 4.78 is 0. The summed E-state index contributed by atoms with van der Waals surface area (Å²) in [5.74, 6) is 0. The zero-order valence-electron chi connectivity index (χ0n) is 9.83. The first-order valence-corrected chi connectivity index (χ1v) is 9.93. The Morgan fingerprint density at radius 3 is 2.38 bits per heavy atom. The Labute approximate surface area is 103 Å². The van der Waals surface area contributed by atoms with E-state index < -0.39 is 7.38 Å². The van der Waals surface area contributed by atoms with Crippen LogP contribution in [0.25, 0.3) is 10.8 Å². The molecule has 16 heavy (non-hydrogen) atoms. The van der Waals surface area contributed by atoms with E-state index in [4.69, 9.17) is 11.1 Å². The van der Waals surface area contributed by atoms with Gasteiger partial charge in [-0.15, -0.1) is 0 Å². The van der Waals surface area contributed by atoms with Gasteiger partial charge in [-0.1, -0.05) is 55.6 Å². The lowest BCUT2D eigenvalue weighted by Crippen LogP contribution is -2.16. The van der Waals surface area contributed by atoms with Crippen molar-refractivity contribution in [1.29, 1.82) is 0 Å². The number of hydrogen-bond acceptors (Lipinski definition) is 0. The summed E-state index contributed by atoms with van der Waals surface area (Å²) in [4.78, 5) is 0. The minimum atomic E-state index is -1.44. The molecule has 0 atom stereocenters. The molecule has 0 heterocycles. The molecule has 0 spiro atoms. The van der Waals surface area contributed by atoms with Gasteiger partial charge in [0.25, 0.3) is 0 Å². The third-order valence-electron chi connectivity index (χ3n) is 2.82. The van der Waals surface area contributed by atoms with Gasteiger partial charge in [-0.05, 0) is 28.8 Å². The van der Waals surface area contributed by atoms with Crippen molar-refractivity contribution in [2.45, 2.75) is 25.6 Å². The summed E-state index contributed by atoms with van der Waals surface area (Å²) in [5.41, 5.74) is 1.40. The predicted octanol–water partition coefficient (Wildman–Crippen LogP) is 4.83. The fourth-order valence-corrected chi connectivity index (χ4v) is 3.00. The normalized spacial score (nSPS) is 11.9. The van der Waals surface area contributed by atoms with E-state index in [0.717, 1.165) is 12.5 Å². The molecule has 0 saturated heterocycles. The summed E-state index contributed by atoms with van der Waals surface area (Å²) in [7, 11) is -1.44. The van der Waals surface area contributed by atoms with Gasteiger partial charge in [-0.2, -0.15) is 11.1 Å². The zero-order valence-corrected chi connectivity index (χ0v) is 11.6. The van der Waals surface area contributed by atoms with Gasteiger partial charge in [0.2, 0.25) is 0 Å². The number of rotatable bonds is 3. The largest absolute Gasteiger partial charge is 0.168 e. The Kier molecular flexibility index (Phi) is 3.36. The zero-order chi connectivity index (χ0) is 11.6. The lowest BCUT2D eigenvalue weighted by Gasteiger charge is -2.12. The van der Waals surface area contributed by atoms with Crippen molar-refractivity contribution >= 4 is 29.2 Å². The molecule has 84 valence electrons. The Morgan fingerprint density at radius 1 is 1.00 bits per heavy atom. The van der Waals surface area contributed by atoms with Crippen molar-refractivity contribution in [2.75, 3.05) is 0 Å². The molecule has 0 radical (unpaired) electrons. The van der Waals surface area contributed by atoms with E-state index in [2.05, 4.69) is 55.6 Å². The van der Waals surface area contributed by atoms with Gasteiger partial charge >= 0.3 is 0 Å². The standard InChI is InChI=1S/C14H17ClSi/c1-16(2,15)10-9-12-7-8-13-5-3-4-6-14(13)11-12/h3-8,11H,9-10H2,1-2H3. The van der Waals surface area contributed by atoms with Gasteiger partial charge in [-0.25, -0.2) is 0 Å². The molecule has 0 bridgehead atoms. The second kappa shape index (κ2) is 4.60. The van der Waals surface area contributed by atoms with Gasteiger partial charge in [0.1, 0.15) is 0 Å². The molecule has 0 aromatic heterocycles. The molecule has 0 saturated carbocycles. The Morgan fingerprint density at radius 2 is 1.69 bits per heavy atom. The van der Waals surface area contributed by atoms with Crippen molar-refractivity contribution in [1.82, 2.24) is 0 Å². The highest BCUT2D eigenvalue weighted by Crippen LogP contribution is 2.21. The van der Waals surface area contributed by atoms with Crippen LogP contribution in [0, 0.1) is 0 Å². The molecule has 0 aliphatic heterocycles. The van der Waals surface area contributed by atoms with E-state index in [1.54, 1.807) is 0 Å². The quantitative estimate of drug-likeness (QED) is 0.539. The molecule has 0 aliphatic rings. The number of benzene rings is 2. The minimum Gasteiger partial charge on any atom is -0.168 e. The lowest BCUT2D eigenvalue weighted by atomic mass is 10.1. The van der Waals surface area contributed by atoms with Crippen LogP contribution in [-0.2, 0) is 6.42 Å². The van der Waals surface area contributed by atoms with Crippen LogP contribution in [0.15, 0.2) is 42.5 Å². The van der Waals surface area contributed by atoms with E-state index in [1.807, 2.05) is 0 Å². The van der Waals surface area contributed by atoms with Crippen LogP contribution < -0.4 is 0 Å². The van der Waals surface area contributed by atoms with E-state index in [9.17, 15) is 0 Å². The highest BCUT2D eigenvalue weighted by Gasteiger charge is 2.16. The van der Waals surface area contributed by atoms with Crippen LogP contribution in [-0.4, -0.2) is 7.38 Å². The highest BCUT2D eigenvalue weighted by atomic mass is 35.6. The van der Waals surface area contributed by atoms with Crippen LogP contribution in [0.1, 0.15) is 5.56 Å². The maximum absolute atomic E-state index is 6.34. The number of halogens is 1.